The van der Waals surface area contributed by atoms with E-state index in [1.54, 1.807) is 7.11 Å². The van der Waals surface area contributed by atoms with Gasteiger partial charge in [-0.3, -0.25) is 4.79 Å². The zero-order valence-corrected chi connectivity index (χ0v) is 12.6. The van der Waals surface area contributed by atoms with Crippen LogP contribution in [0.15, 0.2) is 17.3 Å². The molecule has 0 saturated carbocycles. The average molecular weight is 295 g/mol. The molecule has 0 aromatic heterocycles. The maximum absolute atomic E-state index is 10.4. The Labute approximate surface area is 124 Å². The van der Waals surface area contributed by atoms with Crippen LogP contribution < -0.4 is 9.47 Å². The third kappa shape index (κ3) is 5.33. The maximum atomic E-state index is 10.4. The Morgan fingerprint density at radius 2 is 2.10 bits per heavy atom. The molecule has 0 atom stereocenters. The van der Waals surface area contributed by atoms with Crippen molar-refractivity contribution in [3.8, 4) is 11.5 Å². The van der Waals surface area contributed by atoms with E-state index in [2.05, 4.69) is 5.16 Å². The molecule has 6 nitrogen and oxygen atoms in total. The molecule has 0 heterocycles. The van der Waals surface area contributed by atoms with E-state index in [-0.39, 0.29) is 13.0 Å². The summed E-state index contributed by atoms with van der Waals surface area (Å²) >= 11 is 0. The number of aliphatic carboxylic acids is 1. The molecular formula is C15H21NO5. The number of carbonyl (C=O) groups is 1. The number of rotatable bonds is 9. The van der Waals surface area contributed by atoms with E-state index in [0.29, 0.717) is 12.4 Å². The molecule has 6 heteroatoms. The van der Waals surface area contributed by atoms with Gasteiger partial charge in [0.05, 0.1) is 26.4 Å². The van der Waals surface area contributed by atoms with Crippen LogP contribution >= 0.6 is 0 Å². The summed E-state index contributed by atoms with van der Waals surface area (Å²) in [4.78, 5) is 15.3. The second-order valence-corrected chi connectivity index (χ2v) is 4.20. The van der Waals surface area contributed by atoms with Crippen molar-refractivity contribution in [2.75, 3.05) is 20.3 Å². The minimum absolute atomic E-state index is 0.0343. The Kier molecular flexibility index (Phi) is 7.08. The largest absolute Gasteiger partial charge is 0.496 e. The fraction of sp³-hybridized carbons (Fsp3) is 0.467. The lowest BCUT2D eigenvalue weighted by molar-refractivity contribution is -0.138. The van der Waals surface area contributed by atoms with Crippen molar-refractivity contribution in [3.05, 3.63) is 23.3 Å². The number of aryl methyl sites for hydroxylation is 1. The number of carboxylic acid groups (broad SMARTS) is 1. The Bertz CT molecular complexity index is 499. The van der Waals surface area contributed by atoms with Gasteiger partial charge in [-0.05, 0) is 25.0 Å². The van der Waals surface area contributed by atoms with Gasteiger partial charge >= 0.3 is 5.97 Å². The average Bonchev–Trinajstić information content (AvgIpc) is 2.47. The quantitative estimate of drug-likeness (QED) is 0.430. The number of methoxy groups -OCH3 is 1. The summed E-state index contributed by atoms with van der Waals surface area (Å²) in [5, 5.41) is 12.3. The molecule has 0 unspecified atom stereocenters. The molecule has 0 aliphatic heterocycles. The van der Waals surface area contributed by atoms with Crippen molar-refractivity contribution >= 4 is 12.2 Å². The van der Waals surface area contributed by atoms with Crippen molar-refractivity contribution in [1.82, 2.24) is 0 Å². The number of benzene rings is 1. The molecule has 0 bridgehead atoms. The van der Waals surface area contributed by atoms with Gasteiger partial charge in [0.1, 0.15) is 18.1 Å². The number of carboxylic acids is 1. The molecule has 1 aromatic rings. The molecule has 0 radical (unpaired) electrons. The van der Waals surface area contributed by atoms with Crippen LogP contribution in [0.4, 0.5) is 0 Å². The van der Waals surface area contributed by atoms with Crippen LogP contribution in [-0.2, 0) is 16.1 Å². The molecule has 0 aliphatic carbocycles. The predicted molar refractivity (Wildman–Crippen MR) is 79.3 cm³/mol. The third-order valence-electron chi connectivity index (χ3n) is 2.77. The smallest absolute Gasteiger partial charge is 0.306 e. The molecule has 0 amide bonds. The number of hydrogen-bond donors (Lipinski definition) is 1. The van der Waals surface area contributed by atoms with Crippen LogP contribution in [0.1, 0.15) is 31.4 Å². The van der Waals surface area contributed by atoms with Crippen molar-refractivity contribution < 1.29 is 24.2 Å². The zero-order chi connectivity index (χ0) is 15.7. The molecule has 0 aliphatic rings. The molecule has 1 aromatic carbocycles. The summed E-state index contributed by atoms with van der Waals surface area (Å²) in [5.74, 6) is 0.500. The van der Waals surface area contributed by atoms with E-state index in [1.165, 1.54) is 6.21 Å². The fourth-order valence-corrected chi connectivity index (χ4v) is 1.75. The van der Waals surface area contributed by atoms with Crippen LogP contribution in [0.2, 0.25) is 0 Å². The fourth-order valence-electron chi connectivity index (χ4n) is 1.75. The lowest BCUT2D eigenvalue weighted by Crippen LogP contribution is -2.01. The predicted octanol–water partition coefficient (Wildman–Crippen LogP) is 2.48. The van der Waals surface area contributed by atoms with Gasteiger partial charge in [0.25, 0.3) is 0 Å². The van der Waals surface area contributed by atoms with Gasteiger partial charge in [0, 0.05) is 11.6 Å². The minimum Gasteiger partial charge on any atom is -0.496 e. The highest BCUT2D eigenvalue weighted by atomic mass is 16.6. The Balaban J connectivity index is 2.87. The summed E-state index contributed by atoms with van der Waals surface area (Å²) in [6, 6.07) is 3.74. The van der Waals surface area contributed by atoms with E-state index >= 15 is 0 Å². The maximum Gasteiger partial charge on any atom is 0.306 e. The highest BCUT2D eigenvalue weighted by Gasteiger charge is 2.09. The topological polar surface area (TPSA) is 77.3 Å². The van der Waals surface area contributed by atoms with Crippen LogP contribution in [0, 0.1) is 0 Å². The lowest BCUT2D eigenvalue weighted by Gasteiger charge is -2.12. The summed E-state index contributed by atoms with van der Waals surface area (Å²) in [7, 11) is 1.62. The Hall–Kier alpha value is -2.24. The second kappa shape index (κ2) is 8.84. The standard InChI is InChI=1S/C15H21NO5/c1-4-11-8-12(10-16-21-7-6-15(17)18)14(20-5-2)9-13(11)19-3/h8-10H,4-7H2,1-3H3,(H,17,18)/b16-10+. The van der Waals surface area contributed by atoms with Gasteiger partial charge in [0.15, 0.2) is 0 Å². The monoisotopic (exact) mass is 295 g/mol. The number of ether oxygens (including phenoxy) is 2. The Morgan fingerprint density at radius 3 is 2.67 bits per heavy atom. The van der Waals surface area contributed by atoms with Gasteiger partial charge in [-0.2, -0.15) is 0 Å². The first kappa shape index (κ1) is 16.8. The molecule has 0 spiro atoms. The summed E-state index contributed by atoms with van der Waals surface area (Å²) in [6.45, 7) is 4.48. The van der Waals surface area contributed by atoms with Crippen molar-refractivity contribution in [3.63, 3.8) is 0 Å². The lowest BCUT2D eigenvalue weighted by atomic mass is 10.1. The summed E-state index contributed by atoms with van der Waals surface area (Å²) in [6.07, 6.45) is 2.25. The summed E-state index contributed by atoms with van der Waals surface area (Å²) in [5.41, 5.74) is 1.80. The van der Waals surface area contributed by atoms with Crippen LogP contribution in [0.3, 0.4) is 0 Å². The van der Waals surface area contributed by atoms with Gasteiger partial charge in [0.2, 0.25) is 0 Å². The zero-order valence-electron chi connectivity index (χ0n) is 12.6. The molecule has 21 heavy (non-hydrogen) atoms. The Morgan fingerprint density at radius 1 is 1.33 bits per heavy atom. The molecule has 116 valence electrons. The number of oxime groups is 1. The van der Waals surface area contributed by atoms with Crippen molar-refractivity contribution in [2.45, 2.75) is 26.7 Å². The van der Waals surface area contributed by atoms with Crippen LogP contribution in [0.5, 0.6) is 11.5 Å². The minimum atomic E-state index is -0.919. The third-order valence-corrected chi connectivity index (χ3v) is 2.77. The van der Waals surface area contributed by atoms with Crippen LogP contribution in [-0.4, -0.2) is 37.6 Å². The highest BCUT2D eigenvalue weighted by molar-refractivity contribution is 5.84. The second-order valence-electron chi connectivity index (χ2n) is 4.20. The van der Waals surface area contributed by atoms with Gasteiger partial charge in [-0.25, -0.2) is 0 Å². The van der Waals surface area contributed by atoms with E-state index in [4.69, 9.17) is 19.4 Å². The first-order valence-electron chi connectivity index (χ1n) is 6.83. The van der Waals surface area contributed by atoms with Crippen LogP contribution in [0.25, 0.3) is 0 Å². The van der Waals surface area contributed by atoms with E-state index < -0.39 is 5.97 Å². The van der Waals surface area contributed by atoms with Crippen molar-refractivity contribution in [2.24, 2.45) is 5.16 Å². The van der Waals surface area contributed by atoms with Gasteiger partial charge in [-0.1, -0.05) is 12.1 Å². The van der Waals surface area contributed by atoms with E-state index in [0.717, 1.165) is 23.3 Å². The molecule has 0 fully saturated rings. The van der Waals surface area contributed by atoms with Gasteiger partial charge < -0.3 is 19.4 Å². The normalized spacial score (nSPS) is 10.6. The van der Waals surface area contributed by atoms with Crippen molar-refractivity contribution in [1.29, 1.82) is 0 Å². The summed E-state index contributed by atoms with van der Waals surface area (Å²) < 4.78 is 10.9. The molecule has 1 rings (SSSR count). The van der Waals surface area contributed by atoms with E-state index in [1.807, 2.05) is 26.0 Å². The number of nitrogens with zero attached hydrogens (tertiary/aromatic N) is 1. The number of hydrogen-bond acceptors (Lipinski definition) is 5. The molecular weight excluding hydrogens is 274 g/mol. The molecule has 0 saturated heterocycles. The molecule has 1 N–H and O–H groups in total. The van der Waals surface area contributed by atoms with Gasteiger partial charge in [-0.15, -0.1) is 0 Å². The SMILES string of the molecule is CCOc1cc(OC)c(CC)cc1/C=N/OCCC(=O)O. The highest BCUT2D eigenvalue weighted by Crippen LogP contribution is 2.28. The first-order valence-corrected chi connectivity index (χ1v) is 6.83. The van der Waals surface area contributed by atoms with E-state index in [9.17, 15) is 4.79 Å². The first-order chi connectivity index (χ1) is 10.1.